The second-order valence-corrected chi connectivity index (χ2v) is 8.75. The van der Waals surface area contributed by atoms with Crippen LogP contribution in [0.2, 0.25) is 4.34 Å². The molecule has 0 spiro atoms. The van der Waals surface area contributed by atoms with Gasteiger partial charge in [0, 0.05) is 6.07 Å². The molecule has 3 rings (SSSR count). The molecule has 2 aromatic rings. The Bertz CT molecular complexity index is 1160. The van der Waals surface area contributed by atoms with Crippen LogP contribution >= 0.6 is 22.9 Å². The average Bonchev–Trinajstić information content (AvgIpc) is 3.04. The van der Waals surface area contributed by atoms with Gasteiger partial charge in [-0.05, 0) is 13.8 Å². The van der Waals surface area contributed by atoms with Crippen LogP contribution in [-0.4, -0.2) is 61.3 Å². The van der Waals surface area contributed by atoms with Crippen molar-refractivity contribution in [3.63, 3.8) is 0 Å². The third-order valence-corrected chi connectivity index (χ3v) is 5.72. The van der Waals surface area contributed by atoms with E-state index in [4.69, 9.17) is 27.0 Å². The molecule has 3 heterocycles. The predicted molar refractivity (Wildman–Crippen MR) is 112 cm³/mol. The number of aromatic nitrogens is 2. The molecule has 0 saturated carbocycles. The van der Waals surface area contributed by atoms with E-state index < -0.39 is 41.2 Å². The quantitative estimate of drug-likeness (QED) is 0.182. The van der Waals surface area contributed by atoms with Crippen molar-refractivity contribution < 1.29 is 29.6 Å². The molecule has 0 unspecified atom stereocenters. The van der Waals surface area contributed by atoms with Crippen LogP contribution in [-0.2, 0) is 25.9 Å². The number of nitrogens with one attached hydrogen (secondary N) is 1. The zero-order valence-corrected chi connectivity index (χ0v) is 18.6. The molecule has 15 heteroatoms. The fraction of sp³-hybridized carbons (Fsp3) is 0.353. The summed E-state index contributed by atoms with van der Waals surface area (Å²) in [7, 11) is 1.33. The number of carbonyl (C=O) groups is 2. The minimum absolute atomic E-state index is 0.0569. The van der Waals surface area contributed by atoms with Crippen molar-refractivity contribution in [3.05, 3.63) is 38.2 Å². The molecule has 1 saturated heterocycles. The van der Waals surface area contributed by atoms with Crippen LogP contribution in [0.1, 0.15) is 25.2 Å². The van der Waals surface area contributed by atoms with E-state index in [0.29, 0.717) is 4.73 Å². The molecular formula is C17H19ClN6O7S. The van der Waals surface area contributed by atoms with Gasteiger partial charge >= 0.3 is 0 Å². The number of hydroxylamine groups is 2. The number of hydrogen-bond acceptors (Lipinski definition) is 11. The number of oxime groups is 1. The van der Waals surface area contributed by atoms with Crippen molar-refractivity contribution in [1.29, 1.82) is 0 Å². The number of halogens is 1. The highest BCUT2D eigenvalue weighted by atomic mass is 35.5. The van der Waals surface area contributed by atoms with Gasteiger partial charge in [0.05, 0.1) is 18.8 Å². The first-order chi connectivity index (χ1) is 15.0. The Labute approximate surface area is 189 Å². The summed E-state index contributed by atoms with van der Waals surface area (Å²) in [4.78, 5) is 50.8. The Morgan fingerprint density at radius 3 is 2.72 bits per heavy atom. The van der Waals surface area contributed by atoms with Crippen molar-refractivity contribution in [2.24, 2.45) is 5.16 Å². The van der Waals surface area contributed by atoms with E-state index in [0.717, 1.165) is 28.7 Å². The highest BCUT2D eigenvalue weighted by molar-refractivity contribution is 7.19. The molecule has 0 aromatic carbocycles. The Morgan fingerprint density at radius 1 is 1.47 bits per heavy atom. The summed E-state index contributed by atoms with van der Waals surface area (Å²) < 4.78 is 0.524. The largest absolute Gasteiger partial charge is 0.503 e. The minimum atomic E-state index is -0.922. The molecule has 2 amide bonds. The average molecular weight is 487 g/mol. The Hall–Kier alpha value is -3.36. The number of nitrogen functional groups attached to an aromatic ring is 1. The maximum absolute atomic E-state index is 12.9. The summed E-state index contributed by atoms with van der Waals surface area (Å²) in [6.07, 6.45) is 0.780. The lowest BCUT2D eigenvalue weighted by atomic mass is 9.84. The summed E-state index contributed by atoms with van der Waals surface area (Å²) in [6.45, 7) is 2.93. The van der Waals surface area contributed by atoms with Gasteiger partial charge in [0.15, 0.2) is 23.2 Å². The molecule has 32 heavy (non-hydrogen) atoms. The van der Waals surface area contributed by atoms with Crippen LogP contribution in [0.25, 0.3) is 0 Å². The van der Waals surface area contributed by atoms with Crippen LogP contribution in [0.15, 0.2) is 22.2 Å². The van der Waals surface area contributed by atoms with Crippen molar-refractivity contribution in [1.82, 2.24) is 20.1 Å². The number of rotatable bonds is 7. The van der Waals surface area contributed by atoms with E-state index >= 15 is 0 Å². The number of carbonyl (C=O) groups excluding carboxylic acids is 2. The third-order valence-electron chi connectivity index (χ3n) is 4.63. The number of hydrogen-bond donors (Lipinski definition) is 4. The molecule has 1 aliphatic rings. The van der Waals surface area contributed by atoms with E-state index in [2.05, 4.69) is 15.5 Å². The molecule has 13 nitrogen and oxygen atoms in total. The number of pyridine rings is 1. The van der Waals surface area contributed by atoms with E-state index in [1.807, 2.05) is 0 Å². The number of nitrogens with zero attached hydrogens (tertiary/aromatic N) is 4. The first kappa shape index (κ1) is 23.3. The monoisotopic (exact) mass is 486 g/mol. The van der Waals surface area contributed by atoms with Crippen LogP contribution < -0.4 is 16.5 Å². The second-order valence-electron chi connectivity index (χ2n) is 7.12. The fourth-order valence-electron chi connectivity index (χ4n) is 3.00. The van der Waals surface area contributed by atoms with Crippen molar-refractivity contribution in [2.75, 3.05) is 12.8 Å². The summed E-state index contributed by atoms with van der Waals surface area (Å²) in [5.41, 5.74) is 3.54. The van der Waals surface area contributed by atoms with E-state index in [1.54, 1.807) is 13.8 Å². The normalized spacial score (nSPS) is 17.8. The minimum Gasteiger partial charge on any atom is -0.503 e. The fourth-order valence-corrected chi connectivity index (χ4v) is 3.93. The lowest BCUT2D eigenvalue weighted by molar-refractivity contribution is -0.245. The van der Waals surface area contributed by atoms with E-state index in [-0.39, 0.29) is 26.6 Å². The van der Waals surface area contributed by atoms with Gasteiger partial charge in [-0.15, -0.1) is 0 Å². The van der Waals surface area contributed by atoms with Gasteiger partial charge in [-0.1, -0.05) is 28.1 Å². The van der Waals surface area contributed by atoms with Gasteiger partial charge in [0.25, 0.3) is 11.8 Å². The summed E-state index contributed by atoms with van der Waals surface area (Å²) >= 11 is 7.01. The Kier molecular flexibility index (Phi) is 6.29. The lowest BCUT2D eigenvalue weighted by Gasteiger charge is -2.51. The van der Waals surface area contributed by atoms with E-state index in [9.17, 15) is 24.7 Å². The van der Waals surface area contributed by atoms with Gasteiger partial charge in [-0.3, -0.25) is 19.2 Å². The van der Waals surface area contributed by atoms with Crippen molar-refractivity contribution in [3.8, 4) is 5.75 Å². The molecule has 172 valence electrons. The van der Waals surface area contributed by atoms with Gasteiger partial charge in [-0.2, -0.15) is 4.73 Å². The Balaban J connectivity index is 1.85. The van der Waals surface area contributed by atoms with Crippen molar-refractivity contribution in [2.45, 2.75) is 32.0 Å². The summed E-state index contributed by atoms with van der Waals surface area (Å²) in [6, 6.07) is 0.00226. The van der Waals surface area contributed by atoms with Gasteiger partial charge < -0.3 is 26.2 Å². The number of anilines is 1. The molecule has 0 bridgehead atoms. The first-order valence-corrected chi connectivity index (χ1v) is 10.1. The van der Waals surface area contributed by atoms with Crippen LogP contribution in [0, 0.1) is 0 Å². The summed E-state index contributed by atoms with van der Waals surface area (Å²) in [5, 5.41) is 26.5. The molecule has 0 radical (unpaired) electrons. The highest BCUT2D eigenvalue weighted by Gasteiger charge is 2.56. The molecule has 1 fully saturated rings. The third kappa shape index (κ3) is 4.19. The summed E-state index contributed by atoms with van der Waals surface area (Å²) in [5.74, 6) is -1.96. The maximum Gasteiger partial charge on any atom is 0.276 e. The number of nitrogens with two attached hydrogens (primary N) is 1. The number of β-lactam (4-membered cyclic amide) rings is 1. The smallest absolute Gasteiger partial charge is 0.276 e. The molecular weight excluding hydrogens is 468 g/mol. The van der Waals surface area contributed by atoms with Crippen molar-refractivity contribution >= 4 is 45.6 Å². The molecule has 1 atom stereocenters. The zero-order chi connectivity index (χ0) is 23.8. The molecule has 1 aliphatic heterocycles. The van der Waals surface area contributed by atoms with Crippen LogP contribution in [0.5, 0.6) is 5.75 Å². The highest BCUT2D eigenvalue weighted by Crippen LogP contribution is 2.32. The molecule has 2 aromatic heterocycles. The SMILES string of the molecule is CON1C(=O)[C@@H](NC(=O)/C(=N\OCc2cc(=O)c(O)cn2O)c2nc(N)sc2Cl)C1(C)C. The lowest BCUT2D eigenvalue weighted by Crippen LogP contribution is -2.76. The van der Waals surface area contributed by atoms with Gasteiger partial charge in [0.1, 0.15) is 21.8 Å². The zero-order valence-electron chi connectivity index (χ0n) is 17.0. The second kappa shape index (κ2) is 8.64. The van der Waals surface area contributed by atoms with Crippen LogP contribution in [0.3, 0.4) is 0 Å². The van der Waals surface area contributed by atoms with Crippen LogP contribution in [0.4, 0.5) is 5.13 Å². The topological polar surface area (TPSA) is 182 Å². The molecule has 5 N–H and O–H groups in total. The number of amides is 2. The predicted octanol–water partition coefficient (Wildman–Crippen LogP) is 0.0712. The maximum atomic E-state index is 12.9. The standard InChI is InChI=1S/C17H19ClN6O7S/c1-17(2)12(15(28)24(17)30-3)21-14(27)11(10-13(18)32-16(19)20-10)22-31-6-7-4-8(25)9(26)5-23(7)29/h4-5,12,26,29H,6H2,1-3H3,(H2,19,20)(H,21,27)/b22-11-/t12-/m1/s1. The van der Waals surface area contributed by atoms with E-state index in [1.165, 1.54) is 7.11 Å². The number of aromatic hydroxyl groups is 1. The molecule has 0 aliphatic carbocycles. The van der Waals surface area contributed by atoms with Gasteiger partial charge in [0.2, 0.25) is 5.43 Å². The Morgan fingerprint density at radius 2 is 2.16 bits per heavy atom. The van der Waals surface area contributed by atoms with Gasteiger partial charge in [-0.25, -0.2) is 10.0 Å². The number of thiazole rings is 1. The first-order valence-electron chi connectivity index (χ1n) is 8.92.